The highest BCUT2D eigenvalue weighted by Gasteiger charge is 2.30. The summed E-state index contributed by atoms with van der Waals surface area (Å²) in [4.78, 5) is 25.0. The van der Waals surface area contributed by atoms with Gasteiger partial charge in [-0.3, -0.25) is 9.59 Å². The molecule has 25 heavy (non-hydrogen) atoms. The van der Waals surface area contributed by atoms with Crippen molar-refractivity contribution in [2.24, 2.45) is 5.92 Å². The molecule has 2 rings (SSSR count). The normalized spacial score (nSPS) is 15.3. The van der Waals surface area contributed by atoms with E-state index in [4.69, 9.17) is 0 Å². The van der Waals surface area contributed by atoms with Crippen LogP contribution in [0.1, 0.15) is 30.9 Å². The third kappa shape index (κ3) is 5.52. The molecular weight excluding hydrogens is 333 g/mol. The van der Waals surface area contributed by atoms with Crippen molar-refractivity contribution in [1.82, 2.24) is 10.2 Å². The Kier molecular flexibility index (Phi) is 6.07. The number of nitrogens with one attached hydrogen (secondary N) is 1. The fourth-order valence-electron chi connectivity index (χ4n) is 2.65. The molecule has 0 aromatic heterocycles. The number of hydrogen-bond acceptors (Lipinski definition) is 2. The molecule has 1 aliphatic heterocycles. The summed E-state index contributed by atoms with van der Waals surface area (Å²) in [6.07, 6.45) is -3.19. The SMILES string of the molecule is CC(=O)N1CCC(C(=O)NCC#Cc2cccc(C(F)(F)F)c2)CC1. The zero-order chi connectivity index (χ0) is 18.4. The molecule has 0 saturated carbocycles. The second-order valence-electron chi connectivity index (χ2n) is 5.88. The van der Waals surface area contributed by atoms with E-state index in [1.165, 1.54) is 19.1 Å². The Morgan fingerprint density at radius 2 is 1.96 bits per heavy atom. The molecule has 1 saturated heterocycles. The van der Waals surface area contributed by atoms with Crippen molar-refractivity contribution in [2.75, 3.05) is 19.6 Å². The first kappa shape index (κ1) is 18.8. The van der Waals surface area contributed by atoms with Crippen molar-refractivity contribution in [3.8, 4) is 11.8 Å². The van der Waals surface area contributed by atoms with E-state index in [0.29, 0.717) is 25.9 Å². The lowest BCUT2D eigenvalue weighted by atomic mass is 9.96. The van der Waals surface area contributed by atoms with Gasteiger partial charge < -0.3 is 10.2 Å². The van der Waals surface area contributed by atoms with Crippen LogP contribution in [0, 0.1) is 17.8 Å². The van der Waals surface area contributed by atoms with Gasteiger partial charge in [0.15, 0.2) is 0 Å². The van der Waals surface area contributed by atoms with Gasteiger partial charge in [-0.25, -0.2) is 0 Å². The predicted molar refractivity (Wildman–Crippen MR) is 86.3 cm³/mol. The molecule has 0 radical (unpaired) electrons. The summed E-state index contributed by atoms with van der Waals surface area (Å²) in [5, 5.41) is 2.67. The highest BCUT2D eigenvalue weighted by Crippen LogP contribution is 2.29. The van der Waals surface area contributed by atoms with Gasteiger partial charge in [-0.05, 0) is 31.0 Å². The predicted octanol–water partition coefficient (Wildman–Crippen LogP) is 2.43. The van der Waals surface area contributed by atoms with Gasteiger partial charge in [0.2, 0.25) is 11.8 Å². The molecule has 4 nitrogen and oxygen atoms in total. The van der Waals surface area contributed by atoms with Crippen LogP contribution >= 0.6 is 0 Å². The average molecular weight is 352 g/mol. The Hall–Kier alpha value is -2.49. The minimum absolute atomic E-state index is 0.00538. The fourth-order valence-corrected chi connectivity index (χ4v) is 2.65. The van der Waals surface area contributed by atoms with E-state index in [2.05, 4.69) is 17.2 Å². The fraction of sp³-hybridized carbons (Fsp3) is 0.444. The van der Waals surface area contributed by atoms with Crippen molar-refractivity contribution in [3.05, 3.63) is 35.4 Å². The van der Waals surface area contributed by atoms with Crippen molar-refractivity contribution in [3.63, 3.8) is 0 Å². The smallest absolute Gasteiger partial charge is 0.345 e. The molecule has 0 spiro atoms. The number of alkyl halides is 3. The summed E-state index contributed by atoms with van der Waals surface area (Å²) >= 11 is 0. The lowest BCUT2D eigenvalue weighted by Crippen LogP contribution is -2.42. The molecule has 1 N–H and O–H groups in total. The third-order valence-electron chi connectivity index (χ3n) is 4.08. The van der Waals surface area contributed by atoms with E-state index >= 15 is 0 Å². The van der Waals surface area contributed by atoms with Crippen LogP contribution in [-0.2, 0) is 15.8 Å². The van der Waals surface area contributed by atoms with E-state index in [1.54, 1.807) is 4.90 Å². The Bertz CT molecular complexity index is 696. The maximum atomic E-state index is 12.6. The van der Waals surface area contributed by atoms with Gasteiger partial charge in [-0.1, -0.05) is 17.9 Å². The van der Waals surface area contributed by atoms with Crippen molar-refractivity contribution in [2.45, 2.75) is 25.9 Å². The Morgan fingerprint density at radius 3 is 2.56 bits per heavy atom. The number of amides is 2. The van der Waals surface area contributed by atoms with Crippen LogP contribution in [0.25, 0.3) is 0 Å². The second kappa shape index (κ2) is 8.06. The van der Waals surface area contributed by atoms with E-state index < -0.39 is 11.7 Å². The average Bonchev–Trinajstić information content (AvgIpc) is 2.58. The summed E-state index contributed by atoms with van der Waals surface area (Å²) in [5.74, 6) is 4.99. The highest BCUT2D eigenvalue weighted by molar-refractivity contribution is 5.79. The van der Waals surface area contributed by atoms with Crippen LogP contribution in [0.4, 0.5) is 13.2 Å². The van der Waals surface area contributed by atoms with Gasteiger partial charge in [0.25, 0.3) is 0 Å². The standard InChI is InChI=1S/C18H19F3N2O2/c1-13(24)23-10-7-15(8-11-23)17(25)22-9-3-5-14-4-2-6-16(12-14)18(19,20)21/h2,4,6,12,15H,7-11H2,1H3,(H,22,25). The maximum absolute atomic E-state index is 12.6. The Balaban J connectivity index is 1.83. The molecule has 1 aromatic carbocycles. The van der Waals surface area contributed by atoms with Crippen molar-refractivity contribution in [1.29, 1.82) is 0 Å². The zero-order valence-corrected chi connectivity index (χ0v) is 13.8. The number of carbonyl (C=O) groups is 2. The quantitative estimate of drug-likeness (QED) is 0.831. The molecule has 1 aromatic rings. The topological polar surface area (TPSA) is 49.4 Å². The molecule has 134 valence electrons. The van der Waals surface area contributed by atoms with Crippen LogP contribution in [0.2, 0.25) is 0 Å². The number of benzene rings is 1. The number of hydrogen-bond donors (Lipinski definition) is 1. The number of nitrogens with zero attached hydrogens (tertiary/aromatic N) is 1. The minimum Gasteiger partial charge on any atom is -0.345 e. The molecule has 1 heterocycles. The molecular formula is C18H19F3N2O2. The van der Waals surface area contributed by atoms with E-state index in [0.717, 1.165) is 12.1 Å². The molecule has 0 aliphatic carbocycles. The lowest BCUT2D eigenvalue weighted by Gasteiger charge is -2.30. The second-order valence-corrected chi connectivity index (χ2v) is 5.88. The summed E-state index contributed by atoms with van der Waals surface area (Å²) in [7, 11) is 0. The van der Waals surface area contributed by atoms with Gasteiger partial charge >= 0.3 is 6.18 Å². The van der Waals surface area contributed by atoms with Crippen LogP contribution in [-0.4, -0.2) is 36.3 Å². The van der Waals surface area contributed by atoms with Crippen LogP contribution in [0.15, 0.2) is 24.3 Å². The van der Waals surface area contributed by atoms with Crippen LogP contribution < -0.4 is 5.32 Å². The summed E-state index contributed by atoms with van der Waals surface area (Å²) < 4.78 is 37.8. The van der Waals surface area contributed by atoms with Crippen LogP contribution in [0.5, 0.6) is 0 Å². The summed E-state index contributed by atoms with van der Waals surface area (Å²) in [6.45, 7) is 2.69. The molecule has 0 atom stereocenters. The minimum atomic E-state index is -4.40. The number of likely N-dealkylation sites (tertiary alicyclic amines) is 1. The molecule has 2 amide bonds. The number of rotatable bonds is 2. The summed E-state index contributed by atoms with van der Waals surface area (Å²) in [5.41, 5.74) is -0.501. The molecule has 7 heteroatoms. The summed E-state index contributed by atoms with van der Waals surface area (Å²) in [6, 6.07) is 4.75. The zero-order valence-electron chi connectivity index (χ0n) is 13.8. The van der Waals surface area contributed by atoms with Gasteiger partial charge in [-0.15, -0.1) is 0 Å². The van der Waals surface area contributed by atoms with Gasteiger partial charge in [0, 0.05) is 31.5 Å². The van der Waals surface area contributed by atoms with Gasteiger partial charge in [-0.2, -0.15) is 13.2 Å². The number of halogens is 3. The first-order chi connectivity index (χ1) is 11.8. The number of carbonyl (C=O) groups excluding carboxylic acids is 2. The van der Waals surface area contributed by atoms with Gasteiger partial charge in [0.05, 0.1) is 12.1 Å². The Morgan fingerprint density at radius 1 is 1.28 bits per heavy atom. The van der Waals surface area contributed by atoms with Gasteiger partial charge in [0.1, 0.15) is 0 Å². The number of piperidine rings is 1. The Labute approximate surface area is 144 Å². The third-order valence-corrected chi connectivity index (χ3v) is 4.08. The van der Waals surface area contributed by atoms with Crippen molar-refractivity contribution >= 4 is 11.8 Å². The first-order valence-corrected chi connectivity index (χ1v) is 7.96. The van der Waals surface area contributed by atoms with E-state index in [1.807, 2.05) is 0 Å². The monoisotopic (exact) mass is 352 g/mol. The molecule has 0 unspecified atom stereocenters. The molecule has 1 aliphatic rings. The largest absolute Gasteiger partial charge is 0.416 e. The molecule has 0 bridgehead atoms. The lowest BCUT2D eigenvalue weighted by molar-refractivity contribution is -0.137. The van der Waals surface area contributed by atoms with Crippen molar-refractivity contribution < 1.29 is 22.8 Å². The highest BCUT2D eigenvalue weighted by atomic mass is 19.4. The van der Waals surface area contributed by atoms with E-state index in [-0.39, 0.29) is 29.8 Å². The van der Waals surface area contributed by atoms with E-state index in [9.17, 15) is 22.8 Å². The maximum Gasteiger partial charge on any atom is 0.416 e. The first-order valence-electron chi connectivity index (χ1n) is 7.96. The molecule has 1 fully saturated rings. The van der Waals surface area contributed by atoms with Crippen LogP contribution in [0.3, 0.4) is 0 Å².